The van der Waals surface area contributed by atoms with Crippen LogP contribution in [0, 0.1) is 6.92 Å². The first kappa shape index (κ1) is 23.2. The first-order valence-electron chi connectivity index (χ1n) is 10.8. The van der Waals surface area contributed by atoms with E-state index in [9.17, 15) is 0 Å². The Morgan fingerprint density at radius 2 is 0.958 bits per heavy atom. The van der Waals surface area contributed by atoms with Crippen molar-refractivity contribution >= 4 is 0 Å². The van der Waals surface area contributed by atoms with E-state index in [1.165, 1.54) is 103 Å². The maximum absolute atomic E-state index is 3.86. The molecule has 0 radical (unpaired) electrons. The Morgan fingerprint density at radius 3 is 1.12 bits per heavy atom. The molecule has 0 fully saturated rings. The third-order valence-electron chi connectivity index (χ3n) is 4.59. The third-order valence-corrected chi connectivity index (χ3v) is 4.59. The second kappa shape index (κ2) is 20.3. The Morgan fingerprint density at radius 1 is 0.625 bits per heavy atom. The predicted octanol–water partition coefficient (Wildman–Crippen LogP) is 7.99. The molecule has 0 aliphatic heterocycles. The van der Waals surface area contributed by atoms with Crippen molar-refractivity contribution in [2.45, 2.75) is 124 Å². The molecule has 0 spiro atoms. The predicted molar refractivity (Wildman–Crippen MR) is 109 cm³/mol. The normalized spacial score (nSPS) is 10.5. The third kappa shape index (κ3) is 19.3. The molecule has 0 aromatic carbocycles. The Bertz CT molecular complexity index is 290. The molecule has 2 nitrogen and oxygen atoms in total. The van der Waals surface area contributed by atoms with Gasteiger partial charge in [-0.25, -0.2) is 4.98 Å². The minimum Gasteiger partial charge on any atom is -0.349 e. The molecule has 0 aliphatic rings. The summed E-state index contributed by atoms with van der Waals surface area (Å²) in [4.78, 5) is 6.75. The molecule has 0 aliphatic carbocycles. The van der Waals surface area contributed by atoms with Gasteiger partial charge in [0.2, 0.25) is 0 Å². The molecule has 0 unspecified atom stereocenters. The molecular weight excluding hydrogens is 292 g/mol. The molecular formula is C22H44N2. The number of aryl methyl sites for hydroxylation is 1. The van der Waals surface area contributed by atoms with Gasteiger partial charge >= 0.3 is 0 Å². The molecule has 0 saturated heterocycles. The van der Waals surface area contributed by atoms with Crippen LogP contribution in [0.4, 0.5) is 0 Å². The molecule has 1 heterocycles. The van der Waals surface area contributed by atoms with E-state index in [1.54, 1.807) is 12.4 Å². The minimum atomic E-state index is 0.968. The van der Waals surface area contributed by atoms with Crippen molar-refractivity contribution in [3.63, 3.8) is 0 Å². The average molecular weight is 337 g/mol. The quantitative estimate of drug-likeness (QED) is 0.323. The fourth-order valence-corrected chi connectivity index (χ4v) is 2.97. The zero-order chi connectivity index (χ0) is 17.7. The number of hydrogen-bond acceptors (Lipinski definition) is 1. The number of rotatable bonds is 15. The van der Waals surface area contributed by atoms with E-state index in [0.717, 1.165) is 5.82 Å². The van der Waals surface area contributed by atoms with E-state index in [0.29, 0.717) is 0 Å². The summed E-state index contributed by atoms with van der Waals surface area (Å²) < 4.78 is 0. The number of nitrogens with zero attached hydrogens (tertiary/aromatic N) is 1. The van der Waals surface area contributed by atoms with Gasteiger partial charge in [-0.3, -0.25) is 0 Å². The highest BCUT2D eigenvalue weighted by Gasteiger charge is 1.93. The van der Waals surface area contributed by atoms with Crippen LogP contribution in [0.5, 0.6) is 0 Å². The molecule has 0 atom stereocenters. The van der Waals surface area contributed by atoms with Gasteiger partial charge in [-0.05, 0) is 6.92 Å². The van der Waals surface area contributed by atoms with E-state index in [4.69, 9.17) is 0 Å². The Kier molecular flexibility index (Phi) is 19.6. The van der Waals surface area contributed by atoms with Crippen LogP contribution in [0.15, 0.2) is 12.4 Å². The van der Waals surface area contributed by atoms with Crippen molar-refractivity contribution in [3.05, 3.63) is 18.2 Å². The molecule has 1 rings (SSSR count). The number of unbranched alkanes of at least 4 members (excludes halogenated alkanes) is 15. The molecule has 0 amide bonds. The summed E-state index contributed by atoms with van der Waals surface area (Å²) in [5.74, 6) is 0.968. The van der Waals surface area contributed by atoms with Gasteiger partial charge in [0.15, 0.2) is 0 Å². The van der Waals surface area contributed by atoms with Crippen molar-refractivity contribution in [1.29, 1.82) is 0 Å². The molecule has 142 valence electrons. The van der Waals surface area contributed by atoms with Crippen LogP contribution >= 0.6 is 0 Å². The number of hydrogen-bond donors (Lipinski definition) is 1. The summed E-state index contributed by atoms with van der Waals surface area (Å²) in [6.45, 7) is 6.50. The van der Waals surface area contributed by atoms with Crippen molar-refractivity contribution in [2.75, 3.05) is 0 Å². The zero-order valence-corrected chi connectivity index (χ0v) is 16.9. The van der Waals surface area contributed by atoms with Crippen LogP contribution in [-0.4, -0.2) is 9.97 Å². The van der Waals surface area contributed by atoms with Crippen molar-refractivity contribution in [2.24, 2.45) is 0 Å². The van der Waals surface area contributed by atoms with Crippen LogP contribution < -0.4 is 0 Å². The number of nitrogens with one attached hydrogen (secondary N) is 1. The van der Waals surface area contributed by atoms with Crippen molar-refractivity contribution in [3.8, 4) is 0 Å². The highest BCUT2D eigenvalue weighted by atomic mass is 14.9. The largest absolute Gasteiger partial charge is 0.349 e. The molecule has 2 heteroatoms. The monoisotopic (exact) mass is 336 g/mol. The second-order valence-corrected chi connectivity index (χ2v) is 7.12. The fourth-order valence-electron chi connectivity index (χ4n) is 2.97. The highest BCUT2D eigenvalue weighted by Crippen LogP contribution is 2.13. The summed E-state index contributed by atoms with van der Waals surface area (Å²) in [7, 11) is 0. The fraction of sp³-hybridized carbons (Fsp3) is 0.864. The molecule has 1 N–H and O–H groups in total. The SMILES string of the molecule is CCCCCCCCCCCCCCCCCC.Cc1ncc[nH]1. The van der Waals surface area contributed by atoms with Gasteiger partial charge in [0.1, 0.15) is 5.82 Å². The smallest absolute Gasteiger partial charge is 0.102 e. The molecule has 1 aromatic heterocycles. The van der Waals surface area contributed by atoms with E-state index in [-0.39, 0.29) is 0 Å². The summed E-state index contributed by atoms with van der Waals surface area (Å²) >= 11 is 0. The minimum absolute atomic E-state index is 0.968. The van der Waals surface area contributed by atoms with Gasteiger partial charge in [0, 0.05) is 12.4 Å². The van der Waals surface area contributed by atoms with Gasteiger partial charge in [-0.15, -0.1) is 0 Å². The summed E-state index contributed by atoms with van der Waals surface area (Å²) in [5, 5.41) is 0. The summed E-state index contributed by atoms with van der Waals surface area (Å²) in [5.41, 5.74) is 0. The van der Waals surface area contributed by atoms with Crippen LogP contribution in [0.1, 0.15) is 122 Å². The van der Waals surface area contributed by atoms with Crippen LogP contribution in [-0.2, 0) is 0 Å². The van der Waals surface area contributed by atoms with Gasteiger partial charge < -0.3 is 4.98 Å². The second-order valence-electron chi connectivity index (χ2n) is 7.12. The lowest BCUT2D eigenvalue weighted by Crippen LogP contribution is -1.83. The molecule has 0 bridgehead atoms. The molecule has 1 aromatic rings. The molecule has 24 heavy (non-hydrogen) atoms. The topological polar surface area (TPSA) is 28.7 Å². The maximum atomic E-state index is 3.86. The van der Waals surface area contributed by atoms with Crippen molar-refractivity contribution in [1.82, 2.24) is 9.97 Å². The first-order valence-corrected chi connectivity index (χ1v) is 10.8. The number of aromatic amines is 1. The van der Waals surface area contributed by atoms with Crippen LogP contribution in [0.25, 0.3) is 0 Å². The van der Waals surface area contributed by atoms with E-state index < -0.39 is 0 Å². The lowest BCUT2D eigenvalue weighted by Gasteiger charge is -2.03. The van der Waals surface area contributed by atoms with Gasteiger partial charge in [0.25, 0.3) is 0 Å². The summed E-state index contributed by atoms with van der Waals surface area (Å²) in [6.07, 6.45) is 26.9. The van der Waals surface area contributed by atoms with Gasteiger partial charge in [0.05, 0.1) is 0 Å². The molecule has 0 saturated carbocycles. The van der Waals surface area contributed by atoms with E-state index in [1.807, 2.05) is 6.92 Å². The lowest BCUT2D eigenvalue weighted by atomic mass is 10.0. The maximum Gasteiger partial charge on any atom is 0.102 e. The number of imidazole rings is 1. The number of H-pyrrole nitrogens is 1. The first-order chi connectivity index (χ1) is 11.8. The Balaban J connectivity index is 0.000000728. The lowest BCUT2D eigenvalue weighted by molar-refractivity contribution is 0.531. The van der Waals surface area contributed by atoms with Gasteiger partial charge in [-0.2, -0.15) is 0 Å². The average Bonchev–Trinajstić information content (AvgIpc) is 3.07. The number of aromatic nitrogens is 2. The Hall–Kier alpha value is -0.790. The van der Waals surface area contributed by atoms with E-state index in [2.05, 4.69) is 23.8 Å². The van der Waals surface area contributed by atoms with E-state index >= 15 is 0 Å². The van der Waals surface area contributed by atoms with Gasteiger partial charge in [-0.1, -0.05) is 117 Å². The van der Waals surface area contributed by atoms with Crippen LogP contribution in [0.3, 0.4) is 0 Å². The van der Waals surface area contributed by atoms with Crippen molar-refractivity contribution < 1.29 is 0 Å². The summed E-state index contributed by atoms with van der Waals surface area (Å²) in [6, 6.07) is 0. The standard InChI is InChI=1S/C18H38.C4H6N2/c1-3-5-7-9-11-13-15-17-18-16-14-12-10-8-6-4-2;1-4-5-2-3-6-4/h3-18H2,1-2H3;2-3H,1H3,(H,5,6). The Labute approximate surface area is 152 Å². The highest BCUT2D eigenvalue weighted by molar-refractivity contribution is 4.80. The zero-order valence-electron chi connectivity index (χ0n) is 16.9. The van der Waals surface area contributed by atoms with Crippen LogP contribution in [0.2, 0.25) is 0 Å².